The molecule has 5 amide bonds. The zero-order chi connectivity index (χ0) is 40.8. The molecule has 2 N–H and O–H groups in total. The van der Waals surface area contributed by atoms with Crippen LogP contribution in [-0.2, 0) is 26.2 Å². The monoisotopic (exact) mass is 853 g/mol. The van der Waals surface area contributed by atoms with Crippen LogP contribution in [0.1, 0.15) is 65.5 Å². The summed E-state index contributed by atoms with van der Waals surface area (Å²) in [6.07, 6.45) is 5.16. The van der Waals surface area contributed by atoms with E-state index in [0.29, 0.717) is 39.8 Å². The fraction of sp³-hybridized carbons (Fsp3) is 0.538. The van der Waals surface area contributed by atoms with Gasteiger partial charge in [-0.2, -0.15) is 10.4 Å². The molecular formula is C39H49Cl2N11O5S. The summed E-state index contributed by atoms with van der Waals surface area (Å²) in [6.45, 7) is 11.5. The molecule has 1 aliphatic carbocycles. The van der Waals surface area contributed by atoms with Crippen LogP contribution in [-0.4, -0.2) is 127 Å². The van der Waals surface area contributed by atoms with E-state index in [1.165, 1.54) is 16.0 Å². The molecule has 0 bridgehead atoms. The van der Waals surface area contributed by atoms with Crippen molar-refractivity contribution in [2.75, 3.05) is 54.4 Å². The van der Waals surface area contributed by atoms with E-state index in [2.05, 4.69) is 44.4 Å². The Hall–Kier alpha value is -4.44. The van der Waals surface area contributed by atoms with Crippen LogP contribution in [0.5, 0.6) is 0 Å². The number of nitrogens with zero attached hydrogens (tertiary/aromatic N) is 9. The molecule has 3 aliphatic heterocycles. The highest BCUT2D eigenvalue weighted by Crippen LogP contribution is 2.39. The number of aromatic nitrogens is 3. The molecule has 2 aromatic heterocycles. The van der Waals surface area contributed by atoms with Gasteiger partial charge in [0, 0.05) is 63.2 Å². The lowest BCUT2D eigenvalue weighted by Gasteiger charge is -2.44. The first-order valence-corrected chi connectivity index (χ1v) is 20.2. The summed E-state index contributed by atoms with van der Waals surface area (Å²) in [7, 11) is 1.77. The van der Waals surface area contributed by atoms with Crippen molar-refractivity contribution >= 4 is 93.2 Å². The summed E-state index contributed by atoms with van der Waals surface area (Å²) < 4.78 is 8.05. The third kappa shape index (κ3) is 8.36. The van der Waals surface area contributed by atoms with Gasteiger partial charge in [-0.25, -0.2) is 9.78 Å². The molecule has 2 atom stereocenters. The van der Waals surface area contributed by atoms with Crippen LogP contribution in [0.15, 0.2) is 30.5 Å². The van der Waals surface area contributed by atoms with Crippen LogP contribution in [0, 0.1) is 11.3 Å². The predicted molar refractivity (Wildman–Crippen MR) is 226 cm³/mol. The topological polar surface area (TPSA) is 172 Å². The number of carbonyl (C=O) groups is 4. The van der Waals surface area contributed by atoms with E-state index in [9.17, 15) is 24.4 Å². The van der Waals surface area contributed by atoms with Gasteiger partial charge in [-0.05, 0) is 83.8 Å². The standard InChI is InChI=1S/C39H48ClN11O5S.ClH/c1-23-20-47(15-16-56-27-11-9-25(10-12-27)51-38(57)50(36(54)39(51,3)4)26-17-29(40)31(18-41)42-19-26)21-24(2)49(23)22-33(53)43-30-8-6-7-28-34(30)46(5)45-35(28)48-14-13-32(52)44-37(48)55;/h6-8,17,19,23-25,27H,9-16,20-22H2,1-5H3,(H,43,53)(H,44,52,55);1H/t23-,24+,25?,27?;. The second-order valence-electron chi connectivity index (χ2n) is 15.9. The van der Waals surface area contributed by atoms with Crippen LogP contribution in [0.3, 0.4) is 0 Å². The quantitative estimate of drug-likeness (QED) is 0.276. The number of hydrogen-bond donors (Lipinski definition) is 2. The van der Waals surface area contributed by atoms with E-state index in [0.717, 1.165) is 45.3 Å². The van der Waals surface area contributed by atoms with Crippen LogP contribution in [0.2, 0.25) is 5.02 Å². The molecule has 16 nitrogen and oxygen atoms in total. The van der Waals surface area contributed by atoms with Crippen molar-refractivity contribution in [1.29, 1.82) is 5.26 Å². The number of piperazine rings is 1. The van der Waals surface area contributed by atoms with Gasteiger partial charge < -0.3 is 15.0 Å². The Morgan fingerprint density at radius 1 is 1.14 bits per heavy atom. The van der Waals surface area contributed by atoms with Crippen LogP contribution in [0.4, 0.5) is 22.0 Å². The van der Waals surface area contributed by atoms with Crippen molar-refractivity contribution in [3.8, 4) is 6.07 Å². The maximum absolute atomic E-state index is 13.6. The zero-order valence-corrected chi connectivity index (χ0v) is 35.6. The molecule has 3 aromatic rings. The first-order valence-electron chi connectivity index (χ1n) is 19.4. The van der Waals surface area contributed by atoms with Crippen molar-refractivity contribution in [3.63, 3.8) is 0 Å². The number of halogens is 2. The molecule has 19 heteroatoms. The smallest absolute Gasteiger partial charge is 0.329 e. The predicted octanol–water partition coefficient (Wildman–Crippen LogP) is 4.43. The van der Waals surface area contributed by atoms with Gasteiger partial charge in [0.1, 0.15) is 11.6 Å². The number of fused-ring (bicyclic) bond motifs is 1. The molecule has 310 valence electrons. The summed E-state index contributed by atoms with van der Waals surface area (Å²) in [5.41, 5.74) is 1.00. The third-order valence-corrected chi connectivity index (χ3v) is 12.3. The Balaban J connectivity index is 0.00000567. The highest BCUT2D eigenvalue weighted by Gasteiger charge is 2.52. The van der Waals surface area contributed by atoms with Crippen LogP contribution >= 0.6 is 36.2 Å². The first kappa shape index (κ1) is 43.1. The summed E-state index contributed by atoms with van der Waals surface area (Å²) in [5.74, 6) is -0.162. The molecule has 0 spiro atoms. The molecule has 3 saturated heterocycles. The Bertz CT molecular complexity index is 2140. The number of anilines is 3. The number of rotatable bonds is 10. The fourth-order valence-corrected chi connectivity index (χ4v) is 9.57. The number of hydrogen-bond acceptors (Lipinski definition) is 11. The Morgan fingerprint density at radius 2 is 1.84 bits per heavy atom. The lowest BCUT2D eigenvalue weighted by molar-refractivity contribution is -0.124. The summed E-state index contributed by atoms with van der Waals surface area (Å²) >= 11 is 12.1. The summed E-state index contributed by atoms with van der Waals surface area (Å²) in [4.78, 5) is 65.0. The molecule has 58 heavy (non-hydrogen) atoms. The minimum atomic E-state index is -0.846. The molecule has 0 radical (unpaired) electrons. The van der Waals surface area contributed by atoms with Crippen LogP contribution < -0.4 is 20.4 Å². The normalized spacial score (nSPS) is 24.2. The maximum Gasteiger partial charge on any atom is 0.329 e. The van der Waals surface area contributed by atoms with Gasteiger partial charge in [0.25, 0.3) is 5.91 Å². The number of imide groups is 1. The minimum Gasteiger partial charge on any atom is -0.377 e. The number of benzene rings is 1. The Kier molecular flexibility index (Phi) is 13.0. The lowest BCUT2D eigenvalue weighted by atomic mass is 9.89. The van der Waals surface area contributed by atoms with E-state index >= 15 is 0 Å². The highest BCUT2D eigenvalue weighted by atomic mass is 35.5. The Labute approximate surface area is 354 Å². The molecular weight excluding hydrogens is 805 g/mol. The van der Waals surface area contributed by atoms with E-state index in [4.69, 9.17) is 28.6 Å². The van der Waals surface area contributed by atoms with Gasteiger partial charge >= 0.3 is 6.03 Å². The van der Waals surface area contributed by atoms with Gasteiger partial charge in [0.05, 0.1) is 47.4 Å². The van der Waals surface area contributed by atoms with Crippen molar-refractivity contribution < 1.29 is 23.9 Å². The average Bonchev–Trinajstić information content (AvgIpc) is 3.58. The first-order chi connectivity index (χ1) is 27.2. The maximum atomic E-state index is 13.6. The highest BCUT2D eigenvalue weighted by molar-refractivity contribution is 7.80. The van der Waals surface area contributed by atoms with Gasteiger partial charge in [0.2, 0.25) is 11.8 Å². The van der Waals surface area contributed by atoms with Gasteiger partial charge in [-0.1, -0.05) is 17.7 Å². The number of para-hydroxylation sites is 1. The Morgan fingerprint density at radius 3 is 2.50 bits per heavy atom. The number of thiocarbonyl (C=S) groups is 1. The van der Waals surface area contributed by atoms with Gasteiger partial charge in [0.15, 0.2) is 16.6 Å². The van der Waals surface area contributed by atoms with Crippen LogP contribution in [0.25, 0.3) is 10.9 Å². The summed E-state index contributed by atoms with van der Waals surface area (Å²) in [5, 5.41) is 20.5. The number of pyridine rings is 1. The average molecular weight is 855 g/mol. The van der Waals surface area contributed by atoms with E-state index in [1.807, 2.05) is 43.0 Å². The van der Waals surface area contributed by atoms with E-state index in [1.54, 1.807) is 17.8 Å². The molecule has 0 unspecified atom stereocenters. The number of nitriles is 1. The fourth-order valence-electron chi connectivity index (χ4n) is 8.80. The molecule has 1 saturated carbocycles. The molecule has 1 aromatic carbocycles. The second kappa shape index (κ2) is 17.4. The second-order valence-corrected chi connectivity index (χ2v) is 16.6. The van der Waals surface area contributed by atoms with Crippen molar-refractivity contribution in [2.24, 2.45) is 7.05 Å². The van der Waals surface area contributed by atoms with Crippen molar-refractivity contribution in [1.82, 2.24) is 34.8 Å². The zero-order valence-electron chi connectivity index (χ0n) is 33.2. The largest absolute Gasteiger partial charge is 0.377 e. The number of ether oxygens (including phenoxy) is 1. The van der Waals surface area contributed by atoms with Gasteiger partial charge in [-0.3, -0.25) is 44.0 Å². The summed E-state index contributed by atoms with van der Waals surface area (Å²) in [6, 6.07) is 8.86. The van der Waals surface area contributed by atoms with E-state index in [-0.39, 0.29) is 84.6 Å². The molecule has 5 heterocycles. The lowest BCUT2D eigenvalue weighted by Crippen LogP contribution is -2.58. The minimum absolute atomic E-state index is 0. The SMILES string of the molecule is C[C@@H]1CN(CCOC2CCC(N3C(=S)N(c4cnc(C#N)c(Cl)c4)C(=O)C3(C)C)CC2)C[C@H](C)N1CC(=O)Nc1cccc2c(N3CCC(=O)NC3=O)nn(C)c12.Cl. The van der Waals surface area contributed by atoms with Gasteiger partial charge in [-0.15, -0.1) is 12.4 Å². The van der Waals surface area contributed by atoms with Crippen molar-refractivity contribution in [2.45, 2.75) is 89.6 Å². The van der Waals surface area contributed by atoms with E-state index < -0.39 is 11.6 Å². The number of nitrogens with one attached hydrogen (secondary N) is 2. The third-order valence-electron chi connectivity index (χ3n) is 11.6. The molecule has 4 fully saturated rings. The number of urea groups is 1. The van der Waals surface area contributed by atoms with Crippen molar-refractivity contribution in [3.05, 3.63) is 41.2 Å². The molecule has 7 rings (SSSR count). The molecule has 4 aliphatic rings. The number of carbonyl (C=O) groups excluding carboxylic acids is 4. The number of aryl methyl sites for hydroxylation is 1. The number of amides is 5.